The molecule has 8 heteroatoms. The zero-order chi connectivity index (χ0) is 16.1. The molecule has 1 heterocycles. The highest BCUT2D eigenvalue weighted by molar-refractivity contribution is 7.89. The number of nitrogens with zero attached hydrogens (tertiary/aromatic N) is 1. The molecule has 3 unspecified atom stereocenters. The maximum absolute atomic E-state index is 12.5. The first-order chi connectivity index (χ1) is 9.55. The van der Waals surface area contributed by atoms with Gasteiger partial charge in [0, 0.05) is 38.6 Å². The number of hydrogen-bond acceptors (Lipinski definition) is 5. The first-order valence-corrected chi connectivity index (χ1v) is 8.75. The monoisotopic (exact) mass is 319 g/mol. The van der Waals surface area contributed by atoms with Gasteiger partial charge in [-0.25, -0.2) is 12.7 Å². The van der Waals surface area contributed by atoms with Crippen molar-refractivity contribution in [1.29, 1.82) is 0 Å². The number of carbonyl (C=O) groups excluding carboxylic acids is 1. The molecule has 0 aromatic heterocycles. The molecule has 3 N–H and O–H groups in total. The fraction of sp³-hybridized carbons (Fsp3) is 0.923. The lowest BCUT2D eigenvalue weighted by molar-refractivity contribution is -0.175. The number of carbonyl (C=O) groups is 1. The van der Waals surface area contributed by atoms with Gasteiger partial charge in [-0.05, 0) is 6.42 Å². The summed E-state index contributed by atoms with van der Waals surface area (Å²) in [5.41, 5.74) is 4.93. The third-order valence-corrected chi connectivity index (χ3v) is 6.86. The van der Waals surface area contributed by atoms with E-state index in [4.69, 9.17) is 10.5 Å². The number of nitrogens with two attached hydrogens (primary N) is 1. The molecule has 1 aliphatic heterocycles. The van der Waals surface area contributed by atoms with Crippen LogP contribution in [0.1, 0.15) is 20.3 Å². The zero-order valence-corrected chi connectivity index (χ0v) is 13.9. The van der Waals surface area contributed by atoms with E-state index in [2.05, 4.69) is 5.32 Å². The van der Waals surface area contributed by atoms with E-state index in [1.54, 1.807) is 0 Å². The van der Waals surface area contributed by atoms with Crippen LogP contribution in [0.25, 0.3) is 0 Å². The largest absolute Gasteiger partial charge is 0.377 e. The smallest absolute Gasteiger partial charge is 0.241 e. The second kappa shape index (κ2) is 5.19. The summed E-state index contributed by atoms with van der Waals surface area (Å²) in [4.78, 5) is 12.5. The van der Waals surface area contributed by atoms with Gasteiger partial charge in [0.2, 0.25) is 15.9 Å². The molecule has 1 aliphatic carbocycles. The topological polar surface area (TPSA) is 102 Å². The van der Waals surface area contributed by atoms with E-state index in [1.807, 2.05) is 13.8 Å². The lowest BCUT2D eigenvalue weighted by atomic mass is 9.48. The van der Waals surface area contributed by atoms with E-state index >= 15 is 0 Å². The highest BCUT2D eigenvalue weighted by Crippen LogP contribution is 2.58. The van der Waals surface area contributed by atoms with Crippen molar-refractivity contribution in [1.82, 2.24) is 9.62 Å². The van der Waals surface area contributed by atoms with Crippen molar-refractivity contribution < 1.29 is 17.9 Å². The Hall–Kier alpha value is -0.700. The fourth-order valence-electron chi connectivity index (χ4n) is 3.47. The Labute approximate surface area is 126 Å². The maximum atomic E-state index is 12.5. The Balaban J connectivity index is 1.98. The first-order valence-electron chi connectivity index (χ1n) is 7.14. The molecule has 0 bridgehead atoms. The van der Waals surface area contributed by atoms with Crippen molar-refractivity contribution in [2.24, 2.45) is 17.1 Å². The van der Waals surface area contributed by atoms with Crippen molar-refractivity contribution in [2.45, 2.75) is 31.9 Å². The van der Waals surface area contributed by atoms with Crippen LogP contribution in [-0.2, 0) is 19.6 Å². The van der Waals surface area contributed by atoms with Gasteiger partial charge in [-0.3, -0.25) is 4.79 Å². The highest BCUT2D eigenvalue weighted by atomic mass is 32.2. The SMILES string of the molecule is CN(C)S(=O)(=O)CCNC(=O)C1(N)C2CCOC2C1(C)C. The molecule has 1 amide bonds. The molecule has 2 aliphatic rings. The quantitative estimate of drug-likeness (QED) is 0.686. The third kappa shape index (κ3) is 2.38. The molecule has 0 aromatic carbocycles. The number of amides is 1. The number of nitrogens with one attached hydrogen (secondary N) is 1. The molecule has 21 heavy (non-hydrogen) atoms. The predicted octanol–water partition coefficient (Wildman–Crippen LogP) is -0.864. The van der Waals surface area contributed by atoms with Crippen LogP contribution in [-0.4, -0.2) is 63.3 Å². The lowest BCUT2D eigenvalue weighted by Crippen LogP contribution is -2.80. The number of hydrogen-bond donors (Lipinski definition) is 2. The minimum atomic E-state index is -3.32. The average Bonchev–Trinajstić information content (AvgIpc) is 2.85. The van der Waals surface area contributed by atoms with Gasteiger partial charge in [-0.2, -0.15) is 0 Å². The van der Waals surface area contributed by atoms with Crippen molar-refractivity contribution in [3.05, 3.63) is 0 Å². The third-order valence-electron chi connectivity index (χ3n) is 5.03. The van der Waals surface area contributed by atoms with E-state index in [0.717, 1.165) is 10.7 Å². The predicted molar refractivity (Wildman–Crippen MR) is 79.0 cm³/mol. The Kier molecular flexibility index (Phi) is 4.12. The van der Waals surface area contributed by atoms with Crippen LogP contribution in [0, 0.1) is 11.3 Å². The average molecular weight is 319 g/mol. The maximum Gasteiger partial charge on any atom is 0.241 e. The van der Waals surface area contributed by atoms with Crippen molar-refractivity contribution in [3.8, 4) is 0 Å². The minimum absolute atomic E-state index is 0.0120. The summed E-state index contributed by atoms with van der Waals surface area (Å²) in [5.74, 6) is -0.404. The summed E-state index contributed by atoms with van der Waals surface area (Å²) in [6.45, 7) is 4.54. The Morgan fingerprint density at radius 3 is 2.62 bits per heavy atom. The van der Waals surface area contributed by atoms with Crippen molar-refractivity contribution >= 4 is 15.9 Å². The van der Waals surface area contributed by atoms with E-state index in [1.165, 1.54) is 14.1 Å². The number of fused-ring (bicyclic) bond motifs is 1. The van der Waals surface area contributed by atoms with Gasteiger partial charge < -0.3 is 15.8 Å². The molecular formula is C13H25N3O4S. The lowest BCUT2D eigenvalue weighted by Gasteiger charge is -2.60. The Bertz CT molecular complexity index is 532. The molecule has 7 nitrogen and oxygen atoms in total. The summed E-state index contributed by atoms with van der Waals surface area (Å²) in [7, 11) is -0.383. The van der Waals surface area contributed by atoms with Gasteiger partial charge in [0.1, 0.15) is 5.54 Å². The molecule has 2 fully saturated rings. The molecule has 2 rings (SSSR count). The van der Waals surface area contributed by atoms with Crippen LogP contribution in [0.5, 0.6) is 0 Å². The van der Waals surface area contributed by atoms with Gasteiger partial charge in [0.05, 0.1) is 11.9 Å². The standard InChI is InChI=1S/C13H25N3O4S/c1-12(2)10-9(5-7-20-10)13(12,14)11(17)15-6-8-21(18,19)16(3)4/h9-10H,5-8,14H2,1-4H3,(H,15,17). The molecule has 0 spiro atoms. The summed E-state index contributed by atoms with van der Waals surface area (Å²) in [6.07, 6.45) is 0.785. The molecule has 0 aromatic rings. The minimum Gasteiger partial charge on any atom is -0.377 e. The van der Waals surface area contributed by atoms with E-state index in [0.29, 0.717) is 6.61 Å². The Morgan fingerprint density at radius 1 is 1.43 bits per heavy atom. The van der Waals surface area contributed by atoms with Crippen molar-refractivity contribution in [3.63, 3.8) is 0 Å². The van der Waals surface area contributed by atoms with E-state index in [9.17, 15) is 13.2 Å². The highest BCUT2D eigenvalue weighted by Gasteiger charge is 2.71. The summed E-state index contributed by atoms with van der Waals surface area (Å²) >= 11 is 0. The number of sulfonamides is 1. The van der Waals surface area contributed by atoms with Crippen LogP contribution in [0.4, 0.5) is 0 Å². The van der Waals surface area contributed by atoms with Crippen LogP contribution in [0.2, 0.25) is 0 Å². The summed E-state index contributed by atoms with van der Waals surface area (Å²) in [5, 5.41) is 2.68. The molecule has 122 valence electrons. The van der Waals surface area contributed by atoms with Crippen molar-refractivity contribution in [2.75, 3.05) is 33.0 Å². The van der Waals surface area contributed by atoms with Gasteiger partial charge in [-0.1, -0.05) is 13.8 Å². The van der Waals surface area contributed by atoms with Gasteiger partial charge >= 0.3 is 0 Å². The second-order valence-electron chi connectivity index (χ2n) is 6.63. The van der Waals surface area contributed by atoms with Crippen LogP contribution in [0.15, 0.2) is 0 Å². The summed E-state index contributed by atoms with van der Waals surface area (Å²) < 4.78 is 30.1. The van der Waals surface area contributed by atoms with E-state index in [-0.39, 0.29) is 30.2 Å². The van der Waals surface area contributed by atoms with Gasteiger partial charge in [0.25, 0.3) is 0 Å². The van der Waals surface area contributed by atoms with Gasteiger partial charge in [-0.15, -0.1) is 0 Å². The molecule has 1 saturated heterocycles. The molecule has 1 saturated carbocycles. The summed E-state index contributed by atoms with van der Waals surface area (Å²) in [6, 6.07) is 0. The number of ether oxygens (including phenoxy) is 1. The Morgan fingerprint density at radius 2 is 2.05 bits per heavy atom. The normalized spacial score (nSPS) is 34.4. The van der Waals surface area contributed by atoms with Crippen LogP contribution in [0.3, 0.4) is 0 Å². The number of rotatable bonds is 5. The molecule has 3 atom stereocenters. The van der Waals surface area contributed by atoms with E-state index < -0.39 is 21.0 Å². The van der Waals surface area contributed by atoms with Crippen LogP contribution >= 0.6 is 0 Å². The first kappa shape index (κ1) is 16.7. The molecular weight excluding hydrogens is 294 g/mol. The molecule has 0 radical (unpaired) electrons. The van der Waals surface area contributed by atoms with Crippen LogP contribution < -0.4 is 11.1 Å². The zero-order valence-electron chi connectivity index (χ0n) is 13.0. The fourth-order valence-corrected chi connectivity index (χ4v) is 4.19. The van der Waals surface area contributed by atoms with Gasteiger partial charge in [0.15, 0.2) is 0 Å². The second-order valence-corrected chi connectivity index (χ2v) is 8.93.